The summed E-state index contributed by atoms with van der Waals surface area (Å²) in [4.78, 5) is 2.12. The van der Waals surface area contributed by atoms with Crippen LogP contribution in [-0.4, -0.2) is 43.8 Å². The molecule has 0 amide bonds. The Kier molecular flexibility index (Phi) is 4.19. The molecule has 19 heavy (non-hydrogen) atoms. The third-order valence-electron chi connectivity index (χ3n) is 3.51. The summed E-state index contributed by atoms with van der Waals surface area (Å²) >= 11 is 0. The maximum absolute atomic E-state index is 13.2. The van der Waals surface area contributed by atoms with Crippen molar-refractivity contribution in [2.45, 2.75) is 13.0 Å². The van der Waals surface area contributed by atoms with Crippen LogP contribution in [0.1, 0.15) is 18.5 Å². The molecule has 0 aromatic heterocycles. The third kappa shape index (κ3) is 3.50. The normalized spacial score (nSPS) is 20.4. The summed E-state index contributed by atoms with van der Waals surface area (Å²) in [6, 6.07) is 6.53. The quantitative estimate of drug-likeness (QED) is 0.890. The molecular formula is C12H18FN3O2S. The Hall–Kier alpha value is -1.02. The predicted molar refractivity (Wildman–Crippen MR) is 71.1 cm³/mol. The van der Waals surface area contributed by atoms with Crippen LogP contribution in [-0.2, 0) is 10.2 Å². The highest BCUT2D eigenvalue weighted by atomic mass is 32.2. The molecule has 2 rings (SSSR count). The van der Waals surface area contributed by atoms with E-state index in [9.17, 15) is 12.8 Å². The Morgan fingerprint density at radius 1 is 1.26 bits per heavy atom. The lowest BCUT2D eigenvalue weighted by molar-refractivity contribution is 0.145. The fourth-order valence-corrected chi connectivity index (χ4v) is 2.99. The van der Waals surface area contributed by atoms with Crippen molar-refractivity contribution in [2.24, 2.45) is 5.14 Å². The number of halogens is 1. The molecule has 1 unspecified atom stereocenters. The zero-order valence-corrected chi connectivity index (χ0v) is 11.6. The molecule has 0 spiro atoms. The number of hydrogen-bond acceptors (Lipinski definition) is 3. The Morgan fingerprint density at radius 2 is 1.89 bits per heavy atom. The van der Waals surface area contributed by atoms with Gasteiger partial charge in [0.05, 0.1) is 0 Å². The molecule has 0 saturated carbocycles. The molecule has 0 bridgehead atoms. The van der Waals surface area contributed by atoms with E-state index in [1.54, 1.807) is 6.07 Å². The molecule has 106 valence electrons. The first-order chi connectivity index (χ1) is 8.88. The predicted octanol–water partition coefficient (Wildman–Crippen LogP) is 0.708. The van der Waals surface area contributed by atoms with Crippen molar-refractivity contribution in [1.29, 1.82) is 0 Å². The second-order valence-corrected chi connectivity index (χ2v) is 6.26. The van der Waals surface area contributed by atoms with Gasteiger partial charge in [-0.2, -0.15) is 12.7 Å². The molecule has 1 heterocycles. The topological polar surface area (TPSA) is 66.6 Å². The molecule has 1 aromatic rings. The first-order valence-electron chi connectivity index (χ1n) is 6.15. The molecule has 1 aliphatic rings. The molecule has 1 fully saturated rings. The first kappa shape index (κ1) is 14.4. The summed E-state index contributed by atoms with van der Waals surface area (Å²) in [5.74, 6) is -0.257. The van der Waals surface area contributed by atoms with Gasteiger partial charge in [0.1, 0.15) is 5.82 Å². The minimum absolute atomic E-state index is 0.0540. The van der Waals surface area contributed by atoms with Gasteiger partial charge in [-0.25, -0.2) is 9.53 Å². The van der Waals surface area contributed by atoms with Gasteiger partial charge in [0, 0.05) is 32.2 Å². The van der Waals surface area contributed by atoms with Crippen LogP contribution in [0.25, 0.3) is 0 Å². The molecule has 1 saturated heterocycles. The second kappa shape index (κ2) is 5.54. The van der Waals surface area contributed by atoms with E-state index in [0.29, 0.717) is 26.2 Å². The van der Waals surface area contributed by atoms with E-state index < -0.39 is 10.2 Å². The molecule has 0 radical (unpaired) electrons. The minimum Gasteiger partial charge on any atom is -0.294 e. The fourth-order valence-electron chi connectivity index (χ4n) is 2.32. The van der Waals surface area contributed by atoms with Crippen LogP contribution >= 0.6 is 0 Å². The van der Waals surface area contributed by atoms with Crippen LogP contribution in [0.3, 0.4) is 0 Å². The summed E-state index contributed by atoms with van der Waals surface area (Å²) < 4.78 is 36.9. The zero-order chi connectivity index (χ0) is 14.0. The van der Waals surface area contributed by atoms with Gasteiger partial charge in [0.25, 0.3) is 10.2 Å². The highest BCUT2D eigenvalue weighted by Crippen LogP contribution is 2.22. The van der Waals surface area contributed by atoms with Crippen molar-refractivity contribution in [3.05, 3.63) is 35.6 Å². The summed E-state index contributed by atoms with van der Waals surface area (Å²) in [6.07, 6.45) is 0. The van der Waals surface area contributed by atoms with Crippen molar-refractivity contribution in [1.82, 2.24) is 9.21 Å². The molecular weight excluding hydrogens is 269 g/mol. The Bertz CT molecular complexity index is 542. The summed E-state index contributed by atoms with van der Waals surface area (Å²) in [5, 5.41) is 5.09. The number of piperazine rings is 1. The van der Waals surface area contributed by atoms with E-state index in [-0.39, 0.29) is 11.9 Å². The highest BCUT2D eigenvalue weighted by molar-refractivity contribution is 7.86. The summed E-state index contributed by atoms with van der Waals surface area (Å²) in [6.45, 7) is 3.92. The number of rotatable bonds is 3. The molecule has 1 atom stereocenters. The van der Waals surface area contributed by atoms with Gasteiger partial charge in [-0.3, -0.25) is 4.90 Å². The molecule has 1 aromatic carbocycles. The van der Waals surface area contributed by atoms with Gasteiger partial charge in [0.2, 0.25) is 0 Å². The number of nitrogens with zero attached hydrogens (tertiary/aromatic N) is 2. The van der Waals surface area contributed by atoms with Crippen LogP contribution in [0, 0.1) is 5.82 Å². The fraction of sp³-hybridized carbons (Fsp3) is 0.500. The smallest absolute Gasteiger partial charge is 0.276 e. The highest BCUT2D eigenvalue weighted by Gasteiger charge is 2.26. The Balaban J connectivity index is 2.02. The average molecular weight is 287 g/mol. The standard InChI is InChI=1S/C12H18FN3O2S/c1-10(11-3-2-4-12(13)9-11)15-5-7-16(8-6-15)19(14,17)18/h2-4,9-10H,5-8H2,1H3,(H2,14,17,18). The molecule has 5 nitrogen and oxygen atoms in total. The van der Waals surface area contributed by atoms with Crippen LogP contribution in [0.4, 0.5) is 4.39 Å². The van der Waals surface area contributed by atoms with Gasteiger partial charge in [-0.15, -0.1) is 0 Å². The van der Waals surface area contributed by atoms with Crippen LogP contribution < -0.4 is 5.14 Å². The molecule has 1 aliphatic heterocycles. The van der Waals surface area contributed by atoms with Crippen molar-refractivity contribution in [2.75, 3.05) is 26.2 Å². The number of nitrogens with two attached hydrogens (primary N) is 1. The maximum atomic E-state index is 13.2. The van der Waals surface area contributed by atoms with Crippen LogP contribution in [0.5, 0.6) is 0 Å². The van der Waals surface area contributed by atoms with E-state index >= 15 is 0 Å². The molecule has 0 aliphatic carbocycles. The van der Waals surface area contributed by atoms with Gasteiger partial charge in [-0.1, -0.05) is 12.1 Å². The van der Waals surface area contributed by atoms with Crippen molar-refractivity contribution in [3.8, 4) is 0 Å². The van der Waals surface area contributed by atoms with Gasteiger partial charge >= 0.3 is 0 Å². The first-order valence-corrected chi connectivity index (χ1v) is 7.65. The Morgan fingerprint density at radius 3 is 2.42 bits per heavy atom. The van der Waals surface area contributed by atoms with Crippen molar-refractivity contribution in [3.63, 3.8) is 0 Å². The van der Waals surface area contributed by atoms with Crippen LogP contribution in [0.2, 0.25) is 0 Å². The maximum Gasteiger partial charge on any atom is 0.276 e. The van der Waals surface area contributed by atoms with Crippen molar-refractivity contribution >= 4 is 10.2 Å². The Labute approximate surface area is 113 Å². The number of benzene rings is 1. The lowest BCUT2D eigenvalue weighted by atomic mass is 10.1. The third-order valence-corrected chi connectivity index (χ3v) is 4.60. The second-order valence-electron chi connectivity index (χ2n) is 4.71. The van der Waals surface area contributed by atoms with Gasteiger partial charge in [-0.05, 0) is 24.6 Å². The minimum atomic E-state index is -3.60. The van der Waals surface area contributed by atoms with Gasteiger partial charge < -0.3 is 0 Å². The van der Waals surface area contributed by atoms with E-state index in [4.69, 9.17) is 5.14 Å². The lowest BCUT2D eigenvalue weighted by Gasteiger charge is -2.36. The van der Waals surface area contributed by atoms with E-state index in [1.807, 2.05) is 13.0 Å². The van der Waals surface area contributed by atoms with Gasteiger partial charge in [0.15, 0.2) is 0 Å². The SMILES string of the molecule is CC(c1cccc(F)c1)N1CCN(S(N)(=O)=O)CC1. The summed E-state index contributed by atoms with van der Waals surface area (Å²) in [7, 11) is -3.60. The lowest BCUT2D eigenvalue weighted by Crippen LogP contribution is -2.51. The molecule has 7 heteroatoms. The van der Waals surface area contributed by atoms with E-state index in [0.717, 1.165) is 5.56 Å². The van der Waals surface area contributed by atoms with E-state index in [1.165, 1.54) is 16.4 Å². The summed E-state index contributed by atoms with van der Waals surface area (Å²) in [5.41, 5.74) is 0.893. The monoisotopic (exact) mass is 287 g/mol. The number of hydrogen-bond donors (Lipinski definition) is 1. The average Bonchev–Trinajstić information content (AvgIpc) is 2.37. The zero-order valence-electron chi connectivity index (χ0n) is 10.8. The van der Waals surface area contributed by atoms with Crippen molar-refractivity contribution < 1.29 is 12.8 Å². The largest absolute Gasteiger partial charge is 0.294 e. The van der Waals surface area contributed by atoms with E-state index in [2.05, 4.69) is 4.90 Å². The van der Waals surface area contributed by atoms with Crippen LogP contribution in [0.15, 0.2) is 24.3 Å². The molecule has 2 N–H and O–H groups in total.